The van der Waals surface area contributed by atoms with E-state index in [0.29, 0.717) is 5.69 Å². The number of aromatic nitrogens is 3. The third-order valence-electron chi connectivity index (χ3n) is 3.65. The van der Waals surface area contributed by atoms with E-state index in [4.69, 9.17) is 5.26 Å². The van der Waals surface area contributed by atoms with Gasteiger partial charge in [0.15, 0.2) is 0 Å². The largest absolute Gasteiger partial charge is 0.324 e. The van der Waals surface area contributed by atoms with Crippen molar-refractivity contribution >= 4 is 23.4 Å². The third kappa shape index (κ3) is 4.49. The highest BCUT2D eigenvalue weighted by Gasteiger charge is 2.07. The fraction of sp³-hybridized carbons (Fsp3) is 0.158. The summed E-state index contributed by atoms with van der Waals surface area (Å²) in [7, 11) is 0. The monoisotopic (exact) mass is 363 g/mol. The summed E-state index contributed by atoms with van der Waals surface area (Å²) in [5.41, 5.74) is 3.18. The molecule has 0 aliphatic rings. The highest BCUT2D eigenvalue weighted by molar-refractivity contribution is 7.99. The number of carbonyl (C=O) groups excluding carboxylic acids is 1. The van der Waals surface area contributed by atoms with Crippen LogP contribution in [0.15, 0.2) is 58.6 Å². The van der Waals surface area contributed by atoms with Gasteiger partial charge in [-0.3, -0.25) is 4.79 Å². The smallest absolute Gasteiger partial charge is 0.252 e. The van der Waals surface area contributed by atoms with Crippen LogP contribution in [0.5, 0.6) is 0 Å². The zero-order chi connectivity index (χ0) is 18.5. The zero-order valence-corrected chi connectivity index (χ0v) is 15.2. The molecular formula is C19H17N5OS. The maximum atomic E-state index is 12.0. The van der Waals surface area contributed by atoms with E-state index in [9.17, 15) is 4.79 Å². The number of carbonyl (C=O) groups is 1. The lowest BCUT2D eigenvalue weighted by atomic mass is 10.2. The van der Waals surface area contributed by atoms with E-state index in [2.05, 4.69) is 47.4 Å². The Labute approximate surface area is 155 Å². The van der Waals surface area contributed by atoms with Crippen LogP contribution in [0.3, 0.4) is 0 Å². The van der Waals surface area contributed by atoms with Crippen LogP contribution in [-0.4, -0.2) is 20.7 Å². The molecule has 0 spiro atoms. The normalized spacial score (nSPS) is 10.3. The van der Waals surface area contributed by atoms with Crippen molar-refractivity contribution in [2.24, 2.45) is 0 Å². The van der Waals surface area contributed by atoms with Crippen LogP contribution in [0.1, 0.15) is 17.0 Å². The van der Waals surface area contributed by atoms with E-state index in [1.807, 2.05) is 30.3 Å². The van der Waals surface area contributed by atoms with Crippen molar-refractivity contribution in [1.29, 1.82) is 5.26 Å². The number of aryl methyl sites for hydroxylation is 2. The number of nitriles is 1. The lowest BCUT2D eigenvalue weighted by Crippen LogP contribution is -2.19. The predicted octanol–water partition coefficient (Wildman–Crippen LogP) is 3.56. The van der Waals surface area contributed by atoms with E-state index in [0.717, 1.165) is 4.90 Å². The minimum atomic E-state index is -0.227. The van der Waals surface area contributed by atoms with Crippen molar-refractivity contribution in [2.75, 3.05) is 5.32 Å². The number of nitrogens with one attached hydrogen (secondary N) is 1. The SMILES string of the molecule is Cc1ccc(C)c(Sc2ccc(NC(=O)Cn3cnc(C#N)n3)cc2)c1. The Bertz CT molecular complexity index is 972. The number of hydrogen-bond acceptors (Lipinski definition) is 5. The molecule has 130 valence electrons. The summed E-state index contributed by atoms with van der Waals surface area (Å²) in [6, 6.07) is 15.9. The summed E-state index contributed by atoms with van der Waals surface area (Å²) >= 11 is 1.70. The number of benzene rings is 2. The quantitative estimate of drug-likeness (QED) is 0.749. The molecule has 3 aromatic rings. The molecule has 0 aliphatic carbocycles. The molecular weight excluding hydrogens is 346 g/mol. The number of nitrogens with zero attached hydrogens (tertiary/aromatic N) is 4. The first kappa shape index (κ1) is 17.7. The molecule has 1 N–H and O–H groups in total. The van der Waals surface area contributed by atoms with E-state index in [1.54, 1.807) is 11.8 Å². The van der Waals surface area contributed by atoms with Crippen LogP contribution in [0.25, 0.3) is 0 Å². The van der Waals surface area contributed by atoms with Gasteiger partial charge in [-0.1, -0.05) is 23.9 Å². The van der Waals surface area contributed by atoms with Gasteiger partial charge in [-0.25, -0.2) is 9.67 Å². The van der Waals surface area contributed by atoms with Gasteiger partial charge >= 0.3 is 0 Å². The number of anilines is 1. The first-order valence-electron chi connectivity index (χ1n) is 7.98. The topological polar surface area (TPSA) is 83.6 Å². The van der Waals surface area contributed by atoms with E-state index in [1.165, 1.54) is 27.0 Å². The molecule has 6 nitrogen and oxygen atoms in total. The highest BCUT2D eigenvalue weighted by atomic mass is 32.2. The highest BCUT2D eigenvalue weighted by Crippen LogP contribution is 2.31. The van der Waals surface area contributed by atoms with Crippen molar-refractivity contribution in [1.82, 2.24) is 14.8 Å². The Morgan fingerprint density at radius 3 is 2.69 bits per heavy atom. The average molecular weight is 363 g/mol. The van der Waals surface area contributed by atoms with Gasteiger partial charge in [0.25, 0.3) is 5.82 Å². The van der Waals surface area contributed by atoms with Gasteiger partial charge in [-0.05, 0) is 55.3 Å². The van der Waals surface area contributed by atoms with Crippen molar-refractivity contribution < 1.29 is 4.79 Å². The molecule has 26 heavy (non-hydrogen) atoms. The van der Waals surface area contributed by atoms with Gasteiger partial charge in [-0.2, -0.15) is 5.26 Å². The molecule has 0 unspecified atom stereocenters. The Morgan fingerprint density at radius 1 is 1.23 bits per heavy atom. The second-order valence-corrected chi connectivity index (χ2v) is 6.94. The van der Waals surface area contributed by atoms with Gasteiger partial charge in [0.2, 0.25) is 5.91 Å². The summed E-state index contributed by atoms with van der Waals surface area (Å²) in [6.45, 7) is 4.18. The van der Waals surface area contributed by atoms with Gasteiger partial charge in [-0.15, -0.1) is 5.10 Å². The molecule has 0 saturated heterocycles. The molecule has 0 saturated carbocycles. The fourth-order valence-corrected chi connectivity index (χ4v) is 3.32. The molecule has 1 amide bonds. The number of rotatable bonds is 5. The van der Waals surface area contributed by atoms with Crippen LogP contribution in [-0.2, 0) is 11.3 Å². The van der Waals surface area contributed by atoms with Crippen molar-refractivity contribution in [3.8, 4) is 6.07 Å². The Balaban J connectivity index is 1.61. The summed E-state index contributed by atoms with van der Waals surface area (Å²) < 4.78 is 1.33. The zero-order valence-electron chi connectivity index (χ0n) is 14.4. The van der Waals surface area contributed by atoms with Crippen LogP contribution in [0.4, 0.5) is 5.69 Å². The van der Waals surface area contributed by atoms with Crippen LogP contribution in [0, 0.1) is 25.2 Å². The Hall–Kier alpha value is -3.11. The van der Waals surface area contributed by atoms with Gasteiger partial charge in [0.1, 0.15) is 18.9 Å². The van der Waals surface area contributed by atoms with Crippen molar-refractivity contribution in [3.05, 3.63) is 65.7 Å². The Morgan fingerprint density at radius 2 is 2.00 bits per heavy atom. The molecule has 0 bridgehead atoms. The summed E-state index contributed by atoms with van der Waals surface area (Å²) in [5.74, 6) is -0.181. The van der Waals surface area contributed by atoms with E-state index in [-0.39, 0.29) is 18.3 Å². The maximum Gasteiger partial charge on any atom is 0.252 e. The van der Waals surface area contributed by atoms with Gasteiger partial charge in [0.05, 0.1) is 0 Å². The molecule has 1 aromatic heterocycles. The second-order valence-electron chi connectivity index (χ2n) is 5.82. The molecule has 3 rings (SSSR count). The molecule has 0 aliphatic heterocycles. The van der Waals surface area contributed by atoms with Crippen LogP contribution < -0.4 is 5.32 Å². The summed E-state index contributed by atoms with van der Waals surface area (Å²) in [5, 5.41) is 15.4. The number of amides is 1. The molecule has 2 aromatic carbocycles. The molecule has 7 heteroatoms. The molecule has 0 radical (unpaired) electrons. The van der Waals surface area contributed by atoms with E-state index >= 15 is 0 Å². The minimum absolute atomic E-state index is 0.00761. The van der Waals surface area contributed by atoms with Gasteiger partial charge in [0, 0.05) is 15.5 Å². The average Bonchev–Trinajstić information content (AvgIpc) is 3.07. The standard InChI is InChI=1S/C19H17N5OS/c1-13-3-4-14(2)17(9-13)26-16-7-5-15(6-8-16)22-19(25)11-24-12-21-18(10-20)23-24/h3-9,12H,11H2,1-2H3,(H,22,25). The fourth-order valence-electron chi connectivity index (χ4n) is 2.32. The van der Waals surface area contributed by atoms with Crippen LogP contribution in [0.2, 0.25) is 0 Å². The summed E-state index contributed by atoms with van der Waals surface area (Å²) in [6.07, 6.45) is 1.36. The number of hydrogen-bond donors (Lipinski definition) is 1. The lowest BCUT2D eigenvalue weighted by Gasteiger charge is -2.08. The van der Waals surface area contributed by atoms with Crippen molar-refractivity contribution in [3.63, 3.8) is 0 Å². The lowest BCUT2D eigenvalue weighted by molar-refractivity contribution is -0.116. The maximum absolute atomic E-state index is 12.0. The molecule has 0 fully saturated rings. The summed E-state index contributed by atoms with van der Waals surface area (Å²) in [4.78, 5) is 18.1. The first-order chi connectivity index (χ1) is 12.5. The van der Waals surface area contributed by atoms with Crippen molar-refractivity contribution in [2.45, 2.75) is 30.2 Å². The predicted molar refractivity (Wildman–Crippen MR) is 99.8 cm³/mol. The first-order valence-corrected chi connectivity index (χ1v) is 8.80. The minimum Gasteiger partial charge on any atom is -0.324 e. The van der Waals surface area contributed by atoms with Gasteiger partial charge < -0.3 is 5.32 Å². The second kappa shape index (κ2) is 7.85. The molecule has 1 heterocycles. The molecule has 0 atom stereocenters. The Kier molecular flexibility index (Phi) is 5.34. The van der Waals surface area contributed by atoms with Crippen LogP contribution >= 0.6 is 11.8 Å². The van der Waals surface area contributed by atoms with E-state index < -0.39 is 0 Å². The third-order valence-corrected chi connectivity index (χ3v) is 4.82.